The summed E-state index contributed by atoms with van der Waals surface area (Å²) < 4.78 is 26.8. The molecule has 0 aliphatic rings. The van der Waals surface area contributed by atoms with Crippen molar-refractivity contribution in [1.82, 2.24) is 25.1 Å². The van der Waals surface area contributed by atoms with Gasteiger partial charge in [-0.25, -0.2) is 23.8 Å². The Morgan fingerprint density at radius 1 is 1.03 bits per heavy atom. The zero-order chi connectivity index (χ0) is 27.2. The van der Waals surface area contributed by atoms with Crippen LogP contribution in [-0.4, -0.2) is 45.8 Å². The summed E-state index contributed by atoms with van der Waals surface area (Å²) in [6.07, 6.45) is 2.88. The topological polar surface area (TPSA) is 132 Å². The Hall–Kier alpha value is -5.00. The molecular weight excluding hydrogens is 493 g/mol. The largest absolute Gasteiger partial charge is 0.481 e. The van der Waals surface area contributed by atoms with Crippen LogP contribution < -0.4 is 25.4 Å². The first-order valence-corrected chi connectivity index (χ1v) is 11.6. The fourth-order valence-corrected chi connectivity index (χ4v) is 3.38. The van der Waals surface area contributed by atoms with E-state index in [1.54, 1.807) is 53.3 Å². The lowest BCUT2D eigenvalue weighted by atomic mass is 10.1. The molecule has 4 rings (SSSR count). The Bertz CT molecular complexity index is 1440. The third kappa shape index (κ3) is 5.86. The zero-order valence-electron chi connectivity index (χ0n) is 21.2. The van der Waals surface area contributed by atoms with Crippen LogP contribution in [0.3, 0.4) is 0 Å². The summed E-state index contributed by atoms with van der Waals surface area (Å²) in [5.74, 6) is -0.339. The molecule has 1 aromatic carbocycles. The SMILES string of the molecule is CNC(=O)c1nccc(Oc2ccc(NC(=O)Nc3cc(C(C)C)nn3-c3ccc(OC)nc3)cc2)c1F. The van der Waals surface area contributed by atoms with Crippen LogP contribution in [0.15, 0.2) is 60.9 Å². The average Bonchev–Trinajstić information content (AvgIpc) is 3.34. The molecule has 0 aliphatic heterocycles. The molecule has 0 unspecified atom stereocenters. The van der Waals surface area contributed by atoms with Crippen LogP contribution in [-0.2, 0) is 0 Å². The number of halogens is 1. The molecular formula is C26H26FN7O4. The normalized spacial score (nSPS) is 10.7. The van der Waals surface area contributed by atoms with E-state index in [9.17, 15) is 14.0 Å². The minimum absolute atomic E-state index is 0.135. The van der Waals surface area contributed by atoms with E-state index in [2.05, 4.69) is 31.0 Å². The van der Waals surface area contributed by atoms with Gasteiger partial charge in [0.25, 0.3) is 5.91 Å². The first kappa shape index (κ1) is 26.1. The van der Waals surface area contributed by atoms with Crippen LogP contribution in [0.4, 0.5) is 20.7 Å². The minimum atomic E-state index is -0.877. The smallest absolute Gasteiger partial charge is 0.324 e. The van der Waals surface area contributed by atoms with Gasteiger partial charge in [0.05, 0.1) is 24.7 Å². The van der Waals surface area contributed by atoms with Crippen LogP contribution in [0.1, 0.15) is 35.9 Å². The summed E-state index contributed by atoms with van der Waals surface area (Å²) in [6.45, 7) is 4.01. The molecule has 12 heteroatoms. The third-order valence-corrected chi connectivity index (χ3v) is 5.37. The van der Waals surface area contributed by atoms with Crippen molar-refractivity contribution in [1.29, 1.82) is 0 Å². The fourth-order valence-electron chi connectivity index (χ4n) is 3.38. The van der Waals surface area contributed by atoms with Gasteiger partial charge in [-0.3, -0.25) is 10.1 Å². The standard InChI is InChI=1S/C26H26FN7O4/c1-15(2)19-13-21(34(33-19)17-7-10-22(37-4)30-14-17)32-26(36)31-16-5-8-18(9-6-16)38-20-11-12-29-24(23(20)27)25(35)28-3/h5-15H,1-4H3,(H,28,35)(H2,31,32,36). The molecule has 3 heterocycles. The highest BCUT2D eigenvalue weighted by molar-refractivity contribution is 5.99. The highest BCUT2D eigenvalue weighted by Crippen LogP contribution is 2.27. The number of carbonyl (C=O) groups excluding carboxylic acids is 2. The van der Waals surface area contributed by atoms with Gasteiger partial charge in [0.1, 0.15) is 11.6 Å². The molecule has 0 aliphatic carbocycles. The third-order valence-electron chi connectivity index (χ3n) is 5.37. The van der Waals surface area contributed by atoms with E-state index in [-0.39, 0.29) is 17.4 Å². The van der Waals surface area contributed by atoms with Gasteiger partial charge in [-0.15, -0.1) is 0 Å². The molecule has 0 atom stereocenters. The monoisotopic (exact) mass is 519 g/mol. The van der Waals surface area contributed by atoms with Crippen LogP contribution in [0.2, 0.25) is 0 Å². The molecule has 196 valence electrons. The second-order valence-corrected chi connectivity index (χ2v) is 8.34. The van der Waals surface area contributed by atoms with Gasteiger partial charge in [0, 0.05) is 37.1 Å². The summed E-state index contributed by atoms with van der Waals surface area (Å²) in [7, 11) is 2.91. The van der Waals surface area contributed by atoms with Gasteiger partial charge in [-0.2, -0.15) is 5.10 Å². The summed E-state index contributed by atoms with van der Waals surface area (Å²) in [5, 5.41) is 12.5. The second kappa shape index (κ2) is 11.4. The molecule has 0 bridgehead atoms. The van der Waals surface area contributed by atoms with E-state index >= 15 is 0 Å². The molecule has 0 saturated heterocycles. The number of methoxy groups -OCH3 is 1. The van der Waals surface area contributed by atoms with Crippen molar-refractivity contribution in [3.05, 3.63) is 78.1 Å². The quantitative estimate of drug-likeness (QED) is 0.307. The van der Waals surface area contributed by atoms with Gasteiger partial charge in [0.2, 0.25) is 5.88 Å². The first-order valence-electron chi connectivity index (χ1n) is 11.6. The van der Waals surface area contributed by atoms with E-state index in [1.165, 1.54) is 26.4 Å². The van der Waals surface area contributed by atoms with Crippen LogP contribution in [0.5, 0.6) is 17.4 Å². The summed E-state index contributed by atoms with van der Waals surface area (Å²) in [4.78, 5) is 32.5. The predicted molar refractivity (Wildman–Crippen MR) is 139 cm³/mol. The molecule has 3 aromatic heterocycles. The molecule has 38 heavy (non-hydrogen) atoms. The van der Waals surface area contributed by atoms with E-state index < -0.39 is 17.8 Å². The van der Waals surface area contributed by atoms with Gasteiger partial charge in [0.15, 0.2) is 17.3 Å². The van der Waals surface area contributed by atoms with E-state index in [0.717, 1.165) is 5.69 Å². The van der Waals surface area contributed by atoms with Crippen LogP contribution in [0, 0.1) is 5.82 Å². The molecule has 0 spiro atoms. The number of pyridine rings is 2. The van der Waals surface area contributed by atoms with E-state index in [4.69, 9.17) is 9.47 Å². The van der Waals surface area contributed by atoms with E-state index in [0.29, 0.717) is 28.8 Å². The first-order chi connectivity index (χ1) is 18.3. The summed E-state index contributed by atoms with van der Waals surface area (Å²) >= 11 is 0. The van der Waals surface area contributed by atoms with Crippen molar-refractivity contribution in [2.45, 2.75) is 19.8 Å². The molecule has 0 radical (unpaired) electrons. The summed E-state index contributed by atoms with van der Waals surface area (Å²) in [5.41, 5.74) is 1.54. The number of aromatic nitrogens is 4. The number of ether oxygens (including phenoxy) is 2. The Morgan fingerprint density at radius 2 is 1.79 bits per heavy atom. The lowest BCUT2D eigenvalue weighted by Gasteiger charge is -2.11. The number of hydrogen-bond acceptors (Lipinski definition) is 7. The van der Waals surface area contributed by atoms with Crippen molar-refractivity contribution in [3.8, 4) is 23.1 Å². The van der Waals surface area contributed by atoms with Gasteiger partial charge >= 0.3 is 6.03 Å². The Morgan fingerprint density at radius 3 is 2.42 bits per heavy atom. The number of amides is 3. The maximum Gasteiger partial charge on any atom is 0.324 e. The van der Waals surface area contributed by atoms with Crippen molar-refractivity contribution in [2.75, 3.05) is 24.8 Å². The van der Waals surface area contributed by atoms with Crippen molar-refractivity contribution < 1.29 is 23.5 Å². The fraction of sp³-hybridized carbons (Fsp3) is 0.192. The Balaban J connectivity index is 1.46. The molecule has 0 saturated carbocycles. The van der Waals surface area contributed by atoms with Gasteiger partial charge < -0.3 is 20.1 Å². The van der Waals surface area contributed by atoms with E-state index in [1.807, 2.05) is 13.8 Å². The Labute approximate surface area is 218 Å². The molecule has 3 amide bonds. The Kier molecular flexibility index (Phi) is 7.80. The lowest BCUT2D eigenvalue weighted by molar-refractivity contribution is 0.0953. The predicted octanol–water partition coefficient (Wildman–Crippen LogP) is 4.73. The average molecular weight is 520 g/mol. The number of carbonyl (C=O) groups is 2. The minimum Gasteiger partial charge on any atom is -0.481 e. The number of urea groups is 1. The molecule has 0 fully saturated rings. The lowest BCUT2D eigenvalue weighted by Crippen LogP contribution is -2.21. The van der Waals surface area contributed by atoms with Crippen molar-refractivity contribution in [2.24, 2.45) is 0 Å². The van der Waals surface area contributed by atoms with Crippen molar-refractivity contribution in [3.63, 3.8) is 0 Å². The van der Waals surface area contributed by atoms with Gasteiger partial charge in [-0.05, 0) is 36.2 Å². The number of anilines is 2. The van der Waals surface area contributed by atoms with Crippen LogP contribution >= 0.6 is 0 Å². The molecule has 4 aromatic rings. The van der Waals surface area contributed by atoms with Gasteiger partial charge in [-0.1, -0.05) is 13.8 Å². The molecule has 3 N–H and O–H groups in total. The number of hydrogen-bond donors (Lipinski definition) is 3. The summed E-state index contributed by atoms with van der Waals surface area (Å²) in [6, 6.07) is 12.4. The highest BCUT2D eigenvalue weighted by atomic mass is 19.1. The number of rotatable bonds is 8. The number of nitrogens with one attached hydrogen (secondary N) is 3. The zero-order valence-corrected chi connectivity index (χ0v) is 21.2. The van der Waals surface area contributed by atoms with Crippen LogP contribution in [0.25, 0.3) is 5.69 Å². The second-order valence-electron chi connectivity index (χ2n) is 8.34. The number of nitrogens with zero attached hydrogens (tertiary/aromatic N) is 4. The maximum atomic E-state index is 14.6. The molecule has 11 nitrogen and oxygen atoms in total. The highest BCUT2D eigenvalue weighted by Gasteiger charge is 2.18. The number of benzene rings is 1. The maximum absolute atomic E-state index is 14.6. The van der Waals surface area contributed by atoms with Crippen molar-refractivity contribution >= 4 is 23.4 Å².